The van der Waals surface area contributed by atoms with Gasteiger partial charge in [-0.05, 0) is 73.0 Å². The van der Waals surface area contributed by atoms with E-state index in [9.17, 15) is 19.5 Å². The molecule has 3 aromatic rings. The number of anilines is 1. The number of hydrogen-bond acceptors (Lipinski definition) is 5. The lowest BCUT2D eigenvalue weighted by atomic mass is 9.62. The van der Waals surface area contributed by atoms with Crippen LogP contribution in [0, 0.1) is 5.41 Å². The van der Waals surface area contributed by atoms with Crippen molar-refractivity contribution in [1.82, 2.24) is 4.90 Å². The molecule has 3 aromatic carbocycles. The first-order valence-corrected chi connectivity index (χ1v) is 13.4. The maximum absolute atomic E-state index is 13.8. The number of amides is 2. The van der Waals surface area contributed by atoms with Crippen molar-refractivity contribution in [2.45, 2.75) is 25.3 Å². The number of β-lactam (4-membered cyclic amide) rings is 1. The molecule has 2 fully saturated rings. The number of rotatable bonds is 4. The number of hydrogen-bond donors (Lipinski definition) is 1. The molecule has 8 nitrogen and oxygen atoms in total. The molecule has 2 amide bonds. The summed E-state index contributed by atoms with van der Waals surface area (Å²) in [4.78, 5) is 42.1. The van der Waals surface area contributed by atoms with Gasteiger partial charge in [0.1, 0.15) is 0 Å². The van der Waals surface area contributed by atoms with E-state index in [0.29, 0.717) is 66.9 Å². The largest absolute Gasteiger partial charge is 0.490 e. The first kappa shape index (κ1) is 25.2. The highest BCUT2D eigenvalue weighted by Gasteiger charge is 2.62. The van der Waals surface area contributed by atoms with Gasteiger partial charge in [0.15, 0.2) is 11.5 Å². The van der Waals surface area contributed by atoms with Crippen LogP contribution in [0.5, 0.6) is 11.5 Å². The van der Waals surface area contributed by atoms with E-state index < -0.39 is 11.4 Å². The van der Waals surface area contributed by atoms with Gasteiger partial charge >= 0.3 is 5.97 Å². The zero-order valence-electron chi connectivity index (χ0n) is 21.1. The fraction of sp³-hybridized carbons (Fsp3) is 0.300. The third-order valence-electron chi connectivity index (χ3n) is 7.94. The Kier molecular flexibility index (Phi) is 6.43. The number of benzene rings is 3. The highest BCUT2D eigenvalue weighted by atomic mass is 35.5. The number of aromatic carboxylic acids is 1. The van der Waals surface area contributed by atoms with E-state index in [1.807, 2.05) is 24.3 Å². The topological polar surface area (TPSA) is 96.4 Å². The van der Waals surface area contributed by atoms with Crippen LogP contribution < -0.4 is 14.4 Å². The highest BCUT2D eigenvalue weighted by molar-refractivity contribution is 6.30. The normalized spacial score (nSPS) is 19.8. The monoisotopic (exact) mass is 546 g/mol. The molecule has 2 saturated heterocycles. The molecule has 1 N–H and O–H groups in total. The van der Waals surface area contributed by atoms with Gasteiger partial charge in [0.2, 0.25) is 5.91 Å². The summed E-state index contributed by atoms with van der Waals surface area (Å²) >= 11 is 6.15. The molecule has 0 aliphatic carbocycles. The summed E-state index contributed by atoms with van der Waals surface area (Å²) in [7, 11) is 0. The molecule has 3 aliphatic rings. The smallest absolute Gasteiger partial charge is 0.335 e. The fourth-order valence-corrected chi connectivity index (χ4v) is 6.00. The van der Waals surface area contributed by atoms with Gasteiger partial charge in [-0.2, -0.15) is 0 Å². The van der Waals surface area contributed by atoms with Gasteiger partial charge in [0.05, 0.1) is 30.2 Å². The molecule has 6 rings (SSSR count). The molecule has 3 heterocycles. The second kappa shape index (κ2) is 9.93. The average Bonchev–Trinajstić information content (AvgIpc) is 3.21. The quantitative estimate of drug-likeness (QED) is 0.451. The van der Waals surface area contributed by atoms with Crippen molar-refractivity contribution >= 4 is 35.1 Å². The van der Waals surface area contributed by atoms with E-state index in [1.165, 1.54) is 12.1 Å². The second-order valence-corrected chi connectivity index (χ2v) is 10.6. The van der Waals surface area contributed by atoms with Crippen LogP contribution in [0.1, 0.15) is 51.6 Å². The molecule has 3 aliphatic heterocycles. The van der Waals surface area contributed by atoms with Crippen molar-refractivity contribution in [2.24, 2.45) is 5.41 Å². The number of carboxylic acids is 1. The zero-order valence-corrected chi connectivity index (χ0v) is 21.9. The van der Waals surface area contributed by atoms with Gasteiger partial charge in [-0.15, -0.1) is 0 Å². The molecule has 0 bridgehead atoms. The van der Waals surface area contributed by atoms with Gasteiger partial charge in [-0.3, -0.25) is 9.59 Å². The van der Waals surface area contributed by atoms with Crippen LogP contribution >= 0.6 is 11.6 Å². The Hall–Kier alpha value is -4.04. The van der Waals surface area contributed by atoms with Crippen LogP contribution in [0.4, 0.5) is 5.69 Å². The summed E-state index contributed by atoms with van der Waals surface area (Å²) in [6, 6.07) is 18.8. The van der Waals surface area contributed by atoms with Crippen molar-refractivity contribution in [1.29, 1.82) is 0 Å². The van der Waals surface area contributed by atoms with Crippen LogP contribution in [-0.4, -0.2) is 54.1 Å². The third-order valence-corrected chi connectivity index (χ3v) is 8.19. The van der Waals surface area contributed by atoms with E-state index >= 15 is 0 Å². The second-order valence-electron chi connectivity index (χ2n) is 10.1. The van der Waals surface area contributed by atoms with E-state index in [0.717, 1.165) is 12.0 Å². The number of likely N-dealkylation sites (tertiary alicyclic amines) is 1. The van der Waals surface area contributed by atoms with Gasteiger partial charge in [-0.25, -0.2) is 4.79 Å². The molecule has 39 heavy (non-hydrogen) atoms. The molecule has 9 heteroatoms. The first-order valence-electron chi connectivity index (χ1n) is 13.0. The van der Waals surface area contributed by atoms with Gasteiger partial charge in [0.25, 0.3) is 5.91 Å². The van der Waals surface area contributed by atoms with Crippen LogP contribution in [-0.2, 0) is 4.79 Å². The van der Waals surface area contributed by atoms with Crippen molar-refractivity contribution in [2.75, 3.05) is 31.2 Å². The predicted octanol–water partition coefficient (Wildman–Crippen LogP) is 5.21. The Bertz CT molecular complexity index is 1430. The maximum Gasteiger partial charge on any atom is 0.335 e. The molecule has 1 atom stereocenters. The SMILES string of the molecule is O=C(O)c1ccc(N2C(=O)C3(CCN(C(=O)c4ccc5c(c4)OCCCO5)CC3)C2c2ccc(Cl)cc2)cc1. The van der Waals surface area contributed by atoms with Crippen LogP contribution in [0.15, 0.2) is 66.7 Å². The third kappa shape index (κ3) is 4.38. The van der Waals surface area contributed by atoms with Crippen molar-refractivity contribution < 1.29 is 29.0 Å². The lowest BCUT2D eigenvalue weighted by Crippen LogP contribution is -2.67. The predicted molar refractivity (Wildman–Crippen MR) is 145 cm³/mol. The Morgan fingerprint density at radius 3 is 2.18 bits per heavy atom. The van der Waals surface area contributed by atoms with E-state index in [4.69, 9.17) is 21.1 Å². The number of fused-ring (bicyclic) bond motifs is 1. The number of nitrogens with zero attached hydrogens (tertiary/aromatic N) is 2. The van der Waals surface area contributed by atoms with Crippen LogP contribution in [0.2, 0.25) is 5.02 Å². The number of carbonyl (C=O) groups excluding carboxylic acids is 2. The molecule has 200 valence electrons. The van der Waals surface area contributed by atoms with E-state index in [1.54, 1.807) is 40.1 Å². The number of ether oxygens (including phenoxy) is 2. The molecule has 0 saturated carbocycles. The lowest BCUT2D eigenvalue weighted by molar-refractivity contribution is -0.144. The molecule has 0 radical (unpaired) electrons. The number of halogens is 1. The van der Waals surface area contributed by atoms with Gasteiger partial charge in [0, 0.05) is 35.8 Å². The Labute approximate surface area is 230 Å². The minimum Gasteiger partial charge on any atom is -0.490 e. The van der Waals surface area contributed by atoms with Crippen molar-refractivity contribution in [3.8, 4) is 11.5 Å². The first-order chi connectivity index (χ1) is 18.9. The van der Waals surface area contributed by atoms with E-state index in [2.05, 4.69) is 0 Å². The minimum atomic E-state index is -1.02. The van der Waals surface area contributed by atoms with Gasteiger partial charge in [-0.1, -0.05) is 23.7 Å². The zero-order chi connectivity index (χ0) is 27.1. The van der Waals surface area contributed by atoms with Crippen LogP contribution in [0.3, 0.4) is 0 Å². The molecule has 1 spiro atoms. The molecule has 1 unspecified atom stereocenters. The summed E-state index contributed by atoms with van der Waals surface area (Å²) in [5, 5.41) is 9.88. The minimum absolute atomic E-state index is 0.0202. The maximum atomic E-state index is 13.8. The highest BCUT2D eigenvalue weighted by Crippen LogP contribution is 2.57. The van der Waals surface area contributed by atoms with Crippen molar-refractivity contribution in [3.63, 3.8) is 0 Å². The molecular weight excluding hydrogens is 520 g/mol. The lowest BCUT2D eigenvalue weighted by Gasteiger charge is -2.59. The van der Waals surface area contributed by atoms with Gasteiger partial charge < -0.3 is 24.4 Å². The summed E-state index contributed by atoms with van der Waals surface area (Å²) in [5.74, 6) is 0.0785. The van der Waals surface area contributed by atoms with Crippen molar-refractivity contribution in [3.05, 3.63) is 88.4 Å². The van der Waals surface area contributed by atoms with Crippen LogP contribution in [0.25, 0.3) is 0 Å². The summed E-state index contributed by atoms with van der Waals surface area (Å²) < 4.78 is 11.4. The standard InChI is InChI=1S/C30H27ClN2O6/c31-22-7-2-19(3-8-22)26-30(29(37)33(26)23-9-4-20(5-10-23)28(35)36)12-14-32(15-13-30)27(34)21-6-11-24-25(18-21)39-17-1-16-38-24/h2-11,18,26H,1,12-17H2,(H,35,36). The average molecular weight is 547 g/mol. The number of piperidine rings is 1. The Balaban J connectivity index is 1.24. The molecule has 0 aromatic heterocycles. The van der Waals surface area contributed by atoms with E-state index in [-0.39, 0.29) is 23.4 Å². The summed E-state index contributed by atoms with van der Waals surface area (Å²) in [6.07, 6.45) is 1.81. The number of carbonyl (C=O) groups is 3. The Morgan fingerprint density at radius 2 is 1.51 bits per heavy atom. The fourth-order valence-electron chi connectivity index (χ4n) is 5.87. The molecular formula is C30H27ClN2O6. The summed E-state index contributed by atoms with van der Waals surface area (Å²) in [6.45, 7) is 2.00. The summed E-state index contributed by atoms with van der Waals surface area (Å²) in [5.41, 5.74) is 1.61. The number of carboxylic acid groups (broad SMARTS) is 1. The Morgan fingerprint density at radius 1 is 0.872 bits per heavy atom.